The molecule has 1 rings (SSSR count). The lowest BCUT2D eigenvalue weighted by Gasteiger charge is -2.07. The molecule has 0 fully saturated rings. The fourth-order valence-corrected chi connectivity index (χ4v) is 4.04. The third kappa shape index (κ3) is 5.41. The lowest BCUT2D eigenvalue weighted by molar-refractivity contribution is -0.120. The van der Waals surface area contributed by atoms with E-state index in [9.17, 15) is 4.79 Å². The van der Waals surface area contributed by atoms with Crippen LogP contribution in [-0.4, -0.2) is 33.7 Å². The predicted octanol–water partition coefficient (Wildman–Crippen LogP) is 2.82. The Balaban J connectivity index is 2.48. The highest BCUT2D eigenvalue weighted by atomic mass is 32.2. The first-order valence-electron chi connectivity index (χ1n) is 5.58. The summed E-state index contributed by atoms with van der Waals surface area (Å²) in [6.07, 6.45) is 0. The van der Waals surface area contributed by atoms with Crippen LogP contribution in [0.5, 0.6) is 0 Å². The summed E-state index contributed by atoms with van der Waals surface area (Å²) in [7, 11) is 0. The van der Waals surface area contributed by atoms with Crippen molar-refractivity contribution in [1.82, 2.24) is 15.5 Å². The molecule has 0 aliphatic carbocycles. The largest absolute Gasteiger partial charge is 0.355 e. The van der Waals surface area contributed by atoms with E-state index >= 15 is 0 Å². The molecule has 1 atom stereocenters. The first-order chi connectivity index (χ1) is 8.52. The number of aromatic nitrogens is 2. The standard InChI is InChI=1S/C11H17N3OS3/c1-5-12-9(15)8(4)17-11-14-13-10(18-11)16-6-7(2)3/h8H,2,5-6H2,1,3-4H3,(H,12,15)/t8-/m0/s1. The van der Waals surface area contributed by atoms with Gasteiger partial charge in [0, 0.05) is 12.3 Å². The number of hydrogen-bond acceptors (Lipinski definition) is 6. The van der Waals surface area contributed by atoms with Gasteiger partial charge in [-0.2, -0.15) is 0 Å². The molecule has 0 aliphatic heterocycles. The quantitative estimate of drug-likeness (QED) is 0.620. The van der Waals surface area contributed by atoms with E-state index in [1.165, 1.54) is 23.1 Å². The number of thioether (sulfide) groups is 2. The van der Waals surface area contributed by atoms with Gasteiger partial charge in [-0.1, -0.05) is 47.0 Å². The van der Waals surface area contributed by atoms with E-state index in [2.05, 4.69) is 22.1 Å². The number of amides is 1. The summed E-state index contributed by atoms with van der Waals surface area (Å²) in [6.45, 7) is 10.3. The van der Waals surface area contributed by atoms with E-state index in [0.29, 0.717) is 6.54 Å². The van der Waals surface area contributed by atoms with Gasteiger partial charge in [0.25, 0.3) is 0 Å². The minimum Gasteiger partial charge on any atom is -0.355 e. The molecule has 7 heteroatoms. The Bertz CT molecular complexity index is 419. The fraction of sp³-hybridized carbons (Fsp3) is 0.545. The summed E-state index contributed by atoms with van der Waals surface area (Å²) in [5, 5.41) is 10.8. The van der Waals surface area contributed by atoms with Gasteiger partial charge in [0.05, 0.1) is 5.25 Å². The predicted molar refractivity (Wildman–Crippen MR) is 79.4 cm³/mol. The molecule has 1 N–H and O–H groups in total. The van der Waals surface area contributed by atoms with Crippen LogP contribution in [0.15, 0.2) is 20.8 Å². The van der Waals surface area contributed by atoms with Gasteiger partial charge in [-0.3, -0.25) is 4.79 Å². The number of hydrogen-bond donors (Lipinski definition) is 1. The zero-order valence-electron chi connectivity index (χ0n) is 10.7. The van der Waals surface area contributed by atoms with Gasteiger partial charge in [0.1, 0.15) is 0 Å². The highest BCUT2D eigenvalue weighted by molar-refractivity contribution is 8.04. The summed E-state index contributed by atoms with van der Waals surface area (Å²) >= 11 is 4.59. The normalized spacial score (nSPS) is 12.2. The number of nitrogens with zero attached hydrogens (tertiary/aromatic N) is 2. The number of carbonyl (C=O) groups is 1. The Kier molecular flexibility index (Phi) is 6.73. The Morgan fingerprint density at radius 2 is 2.17 bits per heavy atom. The summed E-state index contributed by atoms with van der Waals surface area (Å²) in [5.74, 6) is 0.888. The SMILES string of the molecule is C=C(C)CSc1nnc(S[C@@H](C)C(=O)NCC)s1. The second kappa shape index (κ2) is 7.81. The van der Waals surface area contributed by atoms with Gasteiger partial charge in [-0.15, -0.1) is 10.2 Å². The molecule has 1 heterocycles. The third-order valence-corrected chi connectivity index (χ3v) is 5.30. The van der Waals surface area contributed by atoms with E-state index in [-0.39, 0.29) is 11.2 Å². The van der Waals surface area contributed by atoms with Crippen molar-refractivity contribution in [3.05, 3.63) is 12.2 Å². The second-order valence-electron chi connectivity index (χ2n) is 3.73. The maximum atomic E-state index is 11.6. The number of rotatable bonds is 7. The van der Waals surface area contributed by atoms with Crippen LogP contribution in [0.4, 0.5) is 0 Å². The summed E-state index contributed by atoms with van der Waals surface area (Å²) < 4.78 is 1.75. The third-order valence-electron chi connectivity index (χ3n) is 1.83. The van der Waals surface area contributed by atoms with Crippen LogP contribution < -0.4 is 5.32 Å². The maximum absolute atomic E-state index is 11.6. The minimum atomic E-state index is -0.142. The summed E-state index contributed by atoms with van der Waals surface area (Å²) in [4.78, 5) is 11.6. The molecule has 0 radical (unpaired) electrons. The van der Waals surface area contributed by atoms with E-state index in [1.807, 2.05) is 20.8 Å². The zero-order valence-corrected chi connectivity index (χ0v) is 13.2. The lowest BCUT2D eigenvalue weighted by Crippen LogP contribution is -2.30. The van der Waals surface area contributed by atoms with Crippen molar-refractivity contribution in [3.63, 3.8) is 0 Å². The van der Waals surface area contributed by atoms with Crippen LogP contribution in [0, 0.1) is 0 Å². The van der Waals surface area contributed by atoms with Gasteiger partial charge in [-0.05, 0) is 20.8 Å². The molecule has 1 aromatic rings. The van der Waals surface area contributed by atoms with E-state index < -0.39 is 0 Å². The van der Waals surface area contributed by atoms with Gasteiger partial charge >= 0.3 is 0 Å². The summed E-state index contributed by atoms with van der Waals surface area (Å²) in [5.41, 5.74) is 1.11. The molecule has 4 nitrogen and oxygen atoms in total. The van der Waals surface area contributed by atoms with Crippen LogP contribution in [-0.2, 0) is 4.79 Å². The van der Waals surface area contributed by atoms with Crippen LogP contribution in [0.2, 0.25) is 0 Å². The number of nitrogens with one attached hydrogen (secondary N) is 1. The van der Waals surface area contributed by atoms with Crippen molar-refractivity contribution < 1.29 is 4.79 Å². The first kappa shape index (κ1) is 15.5. The molecule has 0 unspecified atom stereocenters. The molecule has 0 saturated carbocycles. The second-order valence-corrected chi connectivity index (χ2v) is 7.52. The smallest absolute Gasteiger partial charge is 0.233 e. The molecule has 100 valence electrons. The monoisotopic (exact) mass is 303 g/mol. The molecule has 1 aromatic heterocycles. The Labute approximate surface area is 120 Å². The molecule has 0 spiro atoms. The van der Waals surface area contributed by atoms with Crippen molar-refractivity contribution in [2.75, 3.05) is 12.3 Å². The molecule has 0 bridgehead atoms. The van der Waals surface area contributed by atoms with E-state index in [4.69, 9.17) is 0 Å². The van der Waals surface area contributed by atoms with Gasteiger partial charge in [-0.25, -0.2) is 0 Å². The molecule has 1 amide bonds. The molecular formula is C11H17N3OS3. The van der Waals surface area contributed by atoms with Gasteiger partial charge in [0.15, 0.2) is 8.68 Å². The molecule has 0 aliphatic rings. The Morgan fingerprint density at radius 1 is 1.50 bits per heavy atom. The van der Waals surface area contributed by atoms with Crippen molar-refractivity contribution in [2.45, 2.75) is 34.7 Å². The van der Waals surface area contributed by atoms with E-state index in [1.54, 1.807) is 11.8 Å². The van der Waals surface area contributed by atoms with Crippen molar-refractivity contribution >= 4 is 40.8 Å². The Hall–Kier alpha value is -0.530. The van der Waals surface area contributed by atoms with Crippen molar-refractivity contribution in [3.8, 4) is 0 Å². The highest BCUT2D eigenvalue weighted by Crippen LogP contribution is 2.31. The molecule has 18 heavy (non-hydrogen) atoms. The topological polar surface area (TPSA) is 54.9 Å². The highest BCUT2D eigenvalue weighted by Gasteiger charge is 2.16. The minimum absolute atomic E-state index is 0.0360. The average molecular weight is 303 g/mol. The maximum Gasteiger partial charge on any atom is 0.233 e. The fourth-order valence-electron chi connectivity index (χ4n) is 1.01. The van der Waals surface area contributed by atoms with Crippen LogP contribution in [0.1, 0.15) is 20.8 Å². The van der Waals surface area contributed by atoms with Gasteiger partial charge < -0.3 is 5.32 Å². The molecule has 0 aromatic carbocycles. The van der Waals surface area contributed by atoms with Gasteiger partial charge in [0.2, 0.25) is 5.91 Å². The van der Waals surface area contributed by atoms with E-state index in [0.717, 1.165) is 20.0 Å². The molecule has 0 saturated heterocycles. The Morgan fingerprint density at radius 3 is 2.78 bits per heavy atom. The summed E-state index contributed by atoms with van der Waals surface area (Å²) in [6, 6.07) is 0. The van der Waals surface area contributed by atoms with Crippen LogP contribution in [0.3, 0.4) is 0 Å². The van der Waals surface area contributed by atoms with Crippen molar-refractivity contribution in [2.24, 2.45) is 0 Å². The van der Waals surface area contributed by atoms with Crippen LogP contribution >= 0.6 is 34.9 Å². The zero-order chi connectivity index (χ0) is 13.5. The average Bonchev–Trinajstić information content (AvgIpc) is 2.74. The molecular weight excluding hydrogens is 286 g/mol. The van der Waals surface area contributed by atoms with Crippen LogP contribution in [0.25, 0.3) is 0 Å². The first-order valence-corrected chi connectivity index (χ1v) is 8.26. The number of carbonyl (C=O) groups excluding carboxylic acids is 1. The lowest BCUT2D eigenvalue weighted by atomic mass is 10.4. The van der Waals surface area contributed by atoms with Crippen molar-refractivity contribution in [1.29, 1.82) is 0 Å².